The molecule has 94 valence electrons. The number of hydrogen-bond donors (Lipinski definition) is 1. The van der Waals surface area contributed by atoms with E-state index in [4.69, 9.17) is 0 Å². The molecule has 0 amide bonds. The summed E-state index contributed by atoms with van der Waals surface area (Å²) in [4.78, 5) is 2.50. The smallest absolute Gasteiger partial charge is 0.0366 e. The van der Waals surface area contributed by atoms with Crippen LogP contribution < -0.4 is 10.2 Å². The Balaban J connectivity index is 2.04. The quantitative estimate of drug-likeness (QED) is 0.862. The number of nitrogens with zero attached hydrogens (tertiary/aromatic N) is 1. The molecular weight excluding hydrogens is 208 g/mol. The van der Waals surface area contributed by atoms with Gasteiger partial charge < -0.3 is 10.2 Å². The zero-order valence-corrected chi connectivity index (χ0v) is 11.1. The molecule has 2 rings (SSSR count). The highest BCUT2D eigenvalue weighted by atomic mass is 15.2. The Bertz CT molecular complexity index is 331. The van der Waals surface area contributed by atoms with Gasteiger partial charge in [0.15, 0.2) is 0 Å². The fraction of sp³-hybridized carbons (Fsp3) is 0.600. The lowest BCUT2D eigenvalue weighted by Crippen LogP contribution is -2.35. The second-order valence-electron chi connectivity index (χ2n) is 5.07. The van der Waals surface area contributed by atoms with Crippen LogP contribution in [0.15, 0.2) is 24.3 Å². The number of hydrogen-bond acceptors (Lipinski definition) is 2. The van der Waals surface area contributed by atoms with Crippen molar-refractivity contribution in [2.24, 2.45) is 0 Å². The molecule has 0 aromatic heterocycles. The van der Waals surface area contributed by atoms with Crippen molar-refractivity contribution in [3.8, 4) is 0 Å². The van der Waals surface area contributed by atoms with Gasteiger partial charge in [0.1, 0.15) is 0 Å². The van der Waals surface area contributed by atoms with Crippen LogP contribution in [0.1, 0.15) is 32.3 Å². The van der Waals surface area contributed by atoms with Crippen molar-refractivity contribution in [2.75, 3.05) is 24.5 Å². The predicted molar refractivity (Wildman–Crippen MR) is 74.7 cm³/mol. The van der Waals surface area contributed by atoms with Crippen molar-refractivity contribution in [2.45, 2.75) is 39.2 Å². The summed E-state index contributed by atoms with van der Waals surface area (Å²) >= 11 is 0. The third kappa shape index (κ3) is 3.47. The van der Waals surface area contributed by atoms with E-state index in [9.17, 15) is 0 Å². The van der Waals surface area contributed by atoms with Crippen LogP contribution in [0.5, 0.6) is 0 Å². The van der Waals surface area contributed by atoms with Gasteiger partial charge in [0.05, 0.1) is 0 Å². The second-order valence-corrected chi connectivity index (χ2v) is 5.07. The van der Waals surface area contributed by atoms with Crippen LogP contribution in [-0.4, -0.2) is 25.7 Å². The molecule has 1 aromatic rings. The molecule has 1 unspecified atom stereocenters. The molecule has 0 saturated carbocycles. The first-order chi connectivity index (χ1) is 8.29. The monoisotopic (exact) mass is 232 g/mol. The summed E-state index contributed by atoms with van der Waals surface area (Å²) in [5.41, 5.74) is 2.83. The van der Waals surface area contributed by atoms with E-state index in [1.54, 1.807) is 0 Å². The van der Waals surface area contributed by atoms with E-state index in [1.165, 1.54) is 37.1 Å². The summed E-state index contributed by atoms with van der Waals surface area (Å²) in [6, 6.07) is 9.71. The maximum atomic E-state index is 3.53. The molecule has 1 heterocycles. The Morgan fingerprint density at radius 2 is 2.06 bits per heavy atom. The number of aryl methyl sites for hydroxylation is 1. The first-order valence-corrected chi connectivity index (χ1v) is 6.87. The normalized spacial score (nSPS) is 21.3. The minimum absolute atomic E-state index is 0.591. The standard InChI is InChI=1S/C15H24N2/c1-3-5-14-6-8-15(9-7-14)17-11-4-10-16-13(2)12-17/h6-9,13,16H,3-5,10-12H2,1-2H3. The van der Waals surface area contributed by atoms with E-state index in [0.29, 0.717) is 6.04 Å². The molecule has 1 aromatic carbocycles. The number of nitrogens with one attached hydrogen (secondary N) is 1. The highest BCUT2D eigenvalue weighted by Crippen LogP contribution is 2.18. The van der Waals surface area contributed by atoms with Gasteiger partial charge in [-0.05, 0) is 44.0 Å². The highest BCUT2D eigenvalue weighted by Gasteiger charge is 2.13. The Morgan fingerprint density at radius 1 is 1.29 bits per heavy atom. The molecule has 17 heavy (non-hydrogen) atoms. The lowest BCUT2D eigenvalue weighted by atomic mass is 10.1. The molecular formula is C15H24N2. The van der Waals surface area contributed by atoms with E-state index >= 15 is 0 Å². The van der Waals surface area contributed by atoms with Gasteiger partial charge in [0, 0.05) is 24.8 Å². The zero-order chi connectivity index (χ0) is 12.1. The summed E-state index contributed by atoms with van der Waals surface area (Å²) in [6.07, 6.45) is 3.66. The van der Waals surface area contributed by atoms with Crippen LogP contribution in [0.3, 0.4) is 0 Å². The average Bonchev–Trinajstić information content (AvgIpc) is 2.55. The molecule has 1 fully saturated rings. The topological polar surface area (TPSA) is 15.3 Å². The number of anilines is 1. The lowest BCUT2D eigenvalue weighted by molar-refractivity contribution is 0.585. The van der Waals surface area contributed by atoms with Gasteiger partial charge in [0.2, 0.25) is 0 Å². The van der Waals surface area contributed by atoms with Gasteiger partial charge in [-0.15, -0.1) is 0 Å². The summed E-state index contributed by atoms with van der Waals surface area (Å²) in [5, 5.41) is 3.53. The Labute approximate surface area is 105 Å². The van der Waals surface area contributed by atoms with E-state index in [0.717, 1.165) is 13.1 Å². The zero-order valence-electron chi connectivity index (χ0n) is 11.1. The Morgan fingerprint density at radius 3 is 2.76 bits per heavy atom. The van der Waals surface area contributed by atoms with Gasteiger partial charge in [-0.1, -0.05) is 25.5 Å². The minimum Gasteiger partial charge on any atom is -0.370 e. The van der Waals surface area contributed by atoms with Crippen molar-refractivity contribution in [1.82, 2.24) is 5.32 Å². The van der Waals surface area contributed by atoms with Gasteiger partial charge in [-0.25, -0.2) is 0 Å². The lowest BCUT2D eigenvalue weighted by Gasteiger charge is -2.25. The summed E-state index contributed by atoms with van der Waals surface area (Å²) in [5.74, 6) is 0. The van der Waals surface area contributed by atoms with Gasteiger partial charge in [-0.2, -0.15) is 0 Å². The molecule has 2 nitrogen and oxygen atoms in total. The fourth-order valence-corrected chi connectivity index (χ4v) is 2.50. The van der Waals surface area contributed by atoms with E-state index in [-0.39, 0.29) is 0 Å². The van der Waals surface area contributed by atoms with Crippen LogP contribution in [0, 0.1) is 0 Å². The molecule has 1 atom stereocenters. The Hall–Kier alpha value is -1.02. The molecule has 0 radical (unpaired) electrons. The van der Waals surface area contributed by atoms with Gasteiger partial charge in [-0.3, -0.25) is 0 Å². The average molecular weight is 232 g/mol. The van der Waals surface area contributed by atoms with Crippen LogP contribution in [-0.2, 0) is 6.42 Å². The third-order valence-electron chi connectivity index (χ3n) is 3.43. The maximum Gasteiger partial charge on any atom is 0.0366 e. The SMILES string of the molecule is CCCc1ccc(N2CCCNC(C)C2)cc1. The number of benzene rings is 1. The maximum absolute atomic E-state index is 3.53. The first-order valence-electron chi connectivity index (χ1n) is 6.87. The summed E-state index contributed by atoms with van der Waals surface area (Å²) < 4.78 is 0. The number of rotatable bonds is 3. The van der Waals surface area contributed by atoms with Crippen LogP contribution in [0.4, 0.5) is 5.69 Å². The second kappa shape index (κ2) is 6.06. The van der Waals surface area contributed by atoms with Gasteiger partial charge in [0.25, 0.3) is 0 Å². The molecule has 0 bridgehead atoms. The molecule has 1 N–H and O–H groups in total. The highest BCUT2D eigenvalue weighted by molar-refractivity contribution is 5.48. The minimum atomic E-state index is 0.591. The molecule has 2 heteroatoms. The molecule has 0 aliphatic carbocycles. The molecule has 1 aliphatic rings. The largest absolute Gasteiger partial charge is 0.370 e. The fourth-order valence-electron chi connectivity index (χ4n) is 2.50. The van der Waals surface area contributed by atoms with Crippen molar-refractivity contribution in [3.63, 3.8) is 0 Å². The molecule has 1 aliphatic heterocycles. The summed E-state index contributed by atoms with van der Waals surface area (Å²) in [7, 11) is 0. The van der Waals surface area contributed by atoms with Crippen molar-refractivity contribution in [3.05, 3.63) is 29.8 Å². The first kappa shape index (κ1) is 12.4. The third-order valence-corrected chi connectivity index (χ3v) is 3.43. The Kier molecular flexibility index (Phi) is 4.43. The van der Waals surface area contributed by atoms with Crippen LogP contribution in [0.25, 0.3) is 0 Å². The van der Waals surface area contributed by atoms with Crippen molar-refractivity contribution >= 4 is 5.69 Å². The molecule has 0 spiro atoms. The van der Waals surface area contributed by atoms with E-state index < -0.39 is 0 Å². The van der Waals surface area contributed by atoms with Crippen molar-refractivity contribution in [1.29, 1.82) is 0 Å². The summed E-state index contributed by atoms with van der Waals surface area (Å²) in [6.45, 7) is 7.93. The van der Waals surface area contributed by atoms with Crippen LogP contribution in [0.2, 0.25) is 0 Å². The van der Waals surface area contributed by atoms with E-state index in [1.807, 2.05) is 0 Å². The molecule has 1 saturated heterocycles. The van der Waals surface area contributed by atoms with Gasteiger partial charge >= 0.3 is 0 Å². The van der Waals surface area contributed by atoms with Crippen LogP contribution >= 0.6 is 0 Å². The van der Waals surface area contributed by atoms with Crippen molar-refractivity contribution < 1.29 is 0 Å². The predicted octanol–water partition coefficient (Wildman–Crippen LogP) is 2.83. The van der Waals surface area contributed by atoms with E-state index in [2.05, 4.69) is 48.3 Å².